The van der Waals surface area contributed by atoms with E-state index in [1.807, 2.05) is 6.92 Å². The quantitative estimate of drug-likeness (QED) is 0.643. The van der Waals surface area contributed by atoms with Crippen molar-refractivity contribution < 1.29 is 18.9 Å². The van der Waals surface area contributed by atoms with Gasteiger partial charge in [0.15, 0.2) is 0 Å². The highest BCUT2D eigenvalue weighted by Crippen LogP contribution is 2.39. The molecule has 0 aliphatic heterocycles. The Bertz CT molecular complexity index is 384. The first kappa shape index (κ1) is 15.9. The van der Waals surface area contributed by atoms with Gasteiger partial charge in [-0.25, -0.2) is 9.59 Å². The van der Waals surface area contributed by atoms with E-state index in [1.54, 1.807) is 6.26 Å². The monoisotopic (exact) mass is 290 g/mol. The molecule has 1 saturated carbocycles. The van der Waals surface area contributed by atoms with Crippen LogP contribution in [0.4, 0.5) is 4.79 Å². The van der Waals surface area contributed by atoms with Crippen LogP contribution in [0.25, 0.3) is 0 Å². The van der Waals surface area contributed by atoms with E-state index in [0.717, 1.165) is 12.8 Å². The number of carbonyl (C=O) groups excluding carboxylic acids is 1. The highest BCUT2D eigenvalue weighted by Gasteiger charge is 2.48. The molecule has 3 N–H and O–H groups in total. The molecule has 0 radical (unpaired) electrons. The van der Waals surface area contributed by atoms with Gasteiger partial charge >= 0.3 is 12.0 Å². The molecule has 19 heavy (non-hydrogen) atoms. The molecule has 7 heteroatoms. The molecule has 0 heterocycles. The summed E-state index contributed by atoms with van der Waals surface area (Å²) >= 11 is 0. The van der Waals surface area contributed by atoms with Crippen molar-refractivity contribution in [2.24, 2.45) is 5.92 Å². The number of carbonyl (C=O) groups is 2. The Morgan fingerprint density at radius 1 is 1.47 bits per heavy atom. The maximum Gasteiger partial charge on any atom is 0.329 e. The van der Waals surface area contributed by atoms with Crippen LogP contribution < -0.4 is 10.6 Å². The third-order valence-corrected chi connectivity index (χ3v) is 4.98. The predicted octanol–water partition coefficient (Wildman–Crippen LogP) is 0.696. The Morgan fingerprint density at radius 3 is 2.47 bits per heavy atom. The number of rotatable bonds is 7. The van der Waals surface area contributed by atoms with Crippen molar-refractivity contribution in [1.29, 1.82) is 0 Å². The van der Waals surface area contributed by atoms with Crippen LogP contribution in [0.1, 0.15) is 33.1 Å². The zero-order valence-electron chi connectivity index (χ0n) is 11.6. The first-order valence-electron chi connectivity index (χ1n) is 6.39. The Kier molecular flexibility index (Phi) is 5.34. The first-order valence-corrected chi connectivity index (χ1v) is 8.01. The molecule has 0 aromatic rings. The summed E-state index contributed by atoms with van der Waals surface area (Å²) in [6, 6.07) is -0.481. The lowest BCUT2D eigenvalue weighted by molar-refractivity contribution is -0.144. The van der Waals surface area contributed by atoms with Gasteiger partial charge in [-0.1, -0.05) is 6.92 Å². The molecule has 1 aliphatic carbocycles. The van der Waals surface area contributed by atoms with E-state index in [9.17, 15) is 18.9 Å². The Hall–Kier alpha value is -1.11. The summed E-state index contributed by atoms with van der Waals surface area (Å²) in [7, 11) is -0.915. The van der Waals surface area contributed by atoms with Crippen LogP contribution in [0.15, 0.2) is 0 Å². The van der Waals surface area contributed by atoms with Crippen molar-refractivity contribution >= 4 is 22.8 Å². The van der Waals surface area contributed by atoms with Crippen molar-refractivity contribution in [3.63, 3.8) is 0 Å². The molecule has 0 saturated heterocycles. The van der Waals surface area contributed by atoms with Crippen LogP contribution in [0, 0.1) is 5.92 Å². The highest BCUT2D eigenvalue weighted by molar-refractivity contribution is 7.84. The van der Waals surface area contributed by atoms with Gasteiger partial charge in [0.1, 0.15) is 5.54 Å². The number of nitrogens with one attached hydrogen (secondary N) is 2. The molecule has 6 nitrogen and oxygen atoms in total. The summed E-state index contributed by atoms with van der Waals surface area (Å²) in [5.41, 5.74) is -1.19. The van der Waals surface area contributed by atoms with Crippen LogP contribution in [0.5, 0.6) is 0 Å². The summed E-state index contributed by atoms with van der Waals surface area (Å²) in [6.07, 6.45) is 3.88. The summed E-state index contributed by atoms with van der Waals surface area (Å²) in [5.74, 6) is -0.994. The predicted molar refractivity (Wildman–Crippen MR) is 73.4 cm³/mol. The minimum atomic E-state index is -1.19. The smallest absolute Gasteiger partial charge is 0.329 e. The van der Waals surface area contributed by atoms with Crippen LogP contribution in [0.3, 0.4) is 0 Å². The van der Waals surface area contributed by atoms with E-state index in [4.69, 9.17) is 0 Å². The molecule has 1 aliphatic rings. The van der Waals surface area contributed by atoms with E-state index in [1.165, 1.54) is 6.92 Å². The van der Waals surface area contributed by atoms with Gasteiger partial charge in [-0.3, -0.25) is 4.21 Å². The fourth-order valence-corrected chi connectivity index (χ4v) is 2.28. The van der Waals surface area contributed by atoms with Crippen molar-refractivity contribution in [2.75, 3.05) is 12.8 Å². The zero-order valence-corrected chi connectivity index (χ0v) is 12.4. The van der Waals surface area contributed by atoms with Crippen LogP contribution >= 0.6 is 0 Å². The van der Waals surface area contributed by atoms with Crippen LogP contribution in [-0.4, -0.2) is 44.9 Å². The lowest BCUT2D eigenvalue weighted by Crippen LogP contribution is -2.56. The fraction of sp³-hybridized carbons (Fsp3) is 0.833. The Balaban J connectivity index is 2.38. The second kappa shape index (κ2) is 6.36. The minimum Gasteiger partial charge on any atom is -0.480 e. The summed E-state index contributed by atoms with van der Waals surface area (Å²) in [4.78, 5) is 22.9. The molecule has 2 amide bonds. The summed E-state index contributed by atoms with van der Waals surface area (Å²) < 4.78 is 11.1. The number of urea groups is 1. The molecule has 0 spiro atoms. The average molecular weight is 290 g/mol. The van der Waals surface area contributed by atoms with Crippen molar-refractivity contribution in [1.82, 2.24) is 10.6 Å². The van der Waals surface area contributed by atoms with Crippen LogP contribution in [0.2, 0.25) is 0 Å². The SMILES string of the molecule is CC(CCNC(=O)NC(C)(C(=O)O)C1CC1)S(C)=O. The average Bonchev–Trinajstić information content (AvgIpc) is 3.12. The van der Waals surface area contributed by atoms with Crippen molar-refractivity contribution in [2.45, 2.75) is 43.9 Å². The zero-order chi connectivity index (χ0) is 14.6. The van der Waals surface area contributed by atoms with E-state index in [0.29, 0.717) is 13.0 Å². The van der Waals surface area contributed by atoms with Crippen LogP contribution in [-0.2, 0) is 15.6 Å². The normalized spacial score (nSPS) is 21.0. The lowest BCUT2D eigenvalue weighted by atomic mass is 9.96. The lowest BCUT2D eigenvalue weighted by Gasteiger charge is -2.26. The summed E-state index contributed by atoms with van der Waals surface area (Å²) in [6.45, 7) is 3.77. The van der Waals surface area contributed by atoms with E-state index in [2.05, 4.69) is 10.6 Å². The molecule has 0 bridgehead atoms. The van der Waals surface area contributed by atoms with Gasteiger partial charge in [0.2, 0.25) is 0 Å². The van der Waals surface area contributed by atoms with Gasteiger partial charge in [-0.05, 0) is 32.1 Å². The molecule has 110 valence electrons. The third kappa shape index (κ3) is 4.49. The fourth-order valence-electron chi connectivity index (χ4n) is 1.83. The summed E-state index contributed by atoms with van der Waals surface area (Å²) in [5, 5.41) is 14.4. The van der Waals surface area contributed by atoms with E-state index in [-0.39, 0.29) is 11.2 Å². The van der Waals surface area contributed by atoms with Gasteiger partial charge in [-0.2, -0.15) is 0 Å². The Labute approximate surface area is 115 Å². The minimum absolute atomic E-state index is 0.00888. The number of carboxylic acid groups (broad SMARTS) is 1. The third-order valence-electron chi connectivity index (χ3n) is 3.61. The molecule has 3 unspecified atom stereocenters. The maximum absolute atomic E-state index is 11.7. The maximum atomic E-state index is 11.7. The Morgan fingerprint density at radius 2 is 2.05 bits per heavy atom. The standard InChI is InChI=1S/C12H22N2O4S/c1-8(19(3)18)6-7-13-11(17)14-12(2,10(15)16)9-4-5-9/h8-9H,4-7H2,1-3H3,(H,15,16)(H2,13,14,17). The largest absolute Gasteiger partial charge is 0.480 e. The molecule has 3 atom stereocenters. The number of hydrogen-bond donors (Lipinski definition) is 3. The number of amides is 2. The number of carboxylic acids is 1. The molecular formula is C12H22N2O4S. The first-order chi connectivity index (χ1) is 8.77. The van der Waals surface area contributed by atoms with Crippen molar-refractivity contribution in [3.8, 4) is 0 Å². The molecule has 0 aromatic heterocycles. The van der Waals surface area contributed by atoms with Gasteiger partial charge < -0.3 is 15.7 Å². The molecule has 1 rings (SSSR count). The molecule has 0 aromatic carbocycles. The van der Waals surface area contributed by atoms with E-state index >= 15 is 0 Å². The van der Waals surface area contributed by atoms with Crippen molar-refractivity contribution in [3.05, 3.63) is 0 Å². The van der Waals surface area contributed by atoms with Gasteiger partial charge in [0.05, 0.1) is 0 Å². The number of hydrogen-bond acceptors (Lipinski definition) is 3. The van der Waals surface area contributed by atoms with Gasteiger partial charge in [0.25, 0.3) is 0 Å². The van der Waals surface area contributed by atoms with Gasteiger partial charge in [0, 0.05) is 28.9 Å². The highest BCUT2D eigenvalue weighted by atomic mass is 32.2. The number of aliphatic carboxylic acids is 1. The van der Waals surface area contributed by atoms with Gasteiger partial charge in [-0.15, -0.1) is 0 Å². The second-order valence-corrected chi connectivity index (χ2v) is 7.06. The topological polar surface area (TPSA) is 95.5 Å². The molecular weight excluding hydrogens is 268 g/mol. The van der Waals surface area contributed by atoms with E-state index < -0.39 is 28.3 Å². The molecule has 1 fully saturated rings. The second-order valence-electron chi connectivity index (χ2n) is 5.26.